The van der Waals surface area contributed by atoms with Crippen molar-refractivity contribution >= 4 is 74.5 Å². The smallest absolute Gasteiger partial charge is 0.273 e. The number of aliphatic hydroxyl groups is 3. The Labute approximate surface area is 506 Å². The zero-order valence-corrected chi connectivity index (χ0v) is 52.3. The fourth-order valence-electron chi connectivity index (χ4n) is 7.72. The van der Waals surface area contributed by atoms with Gasteiger partial charge in [-0.25, -0.2) is 18.4 Å². The van der Waals surface area contributed by atoms with Crippen LogP contribution in [0.1, 0.15) is 70.8 Å². The van der Waals surface area contributed by atoms with E-state index in [4.69, 9.17) is 57.5 Å². The van der Waals surface area contributed by atoms with Crippen LogP contribution in [-0.4, -0.2) is 107 Å². The summed E-state index contributed by atoms with van der Waals surface area (Å²) >= 11 is 13.0. The van der Waals surface area contributed by atoms with Gasteiger partial charge in [0.1, 0.15) is 48.7 Å². The molecule has 446 valence electrons. The molecule has 0 saturated heterocycles. The van der Waals surface area contributed by atoms with Crippen molar-refractivity contribution in [3.63, 3.8) is 0 Å². The maximum Gasteiger partial charge on any atom is 0.273 e. The van der Waals surface area contributed by atoms with Gasteiger partial charge < -0.3 is 49.5 Å². The molecule has 2 heterocycles. The lowest BCUT2D eigenvalue weighted by molar-refractivity contribution is -0.115. The van der Waals surface area contributed by atoms with Gasteiger partial charge in [0.05, 0.1) is 18.1 Å². The van der Waals surface area contributed by atoms with Crippen LogP contribution in [0.4, 0.5) is 0 Å². The van der Waals surface area contributed by atoms with Gasteiger partial charge in [0.25, 0.3) is 20.9 Å². The Morgan fingerprint density at radius 2 is 1.01 bits per heavy atom. The molecule has 0 spiro atoms. The SMILES string of the molecule is CNC(=O)/C(=N/OC)c1ccccc1COc1ncc(C(O)(CO)c2ccccc2)cc1Cl.CNC(=O)/C(=N/OC)c1ccccc1COc1ncc(C(O)(CO[Si](C)(C)C(C)(C)C)c2ccccc2)cc1Cl.Cc1ccc(S(=O)(=O)Cl)cc1. The molecular weight excluding hydrogens is 1180 g/mol. The molecule has 18 nitrogen and oxygen atoms in total. The normalized spacial score (nSPS) is 13.3. The van der Waals surface area contributed by atoms with E-state index in [1.54, 1.807) is 85.1 Å². The number of rotatable bonds is 21. The maximum absolute atomic E-state index is 12.4. The Balaban J connectivity index is 0.000000263. The summed E-state index contributed by atoms with van der Waals surface area (Å²) in [5.74, 6) is -0.483. The number of nitrogens with one attached hydrogen (secondary N) is 2. The molecule has 0 aliphatic rings. The number of pyridine rings is 2. The van der Waals surface area contributed by atoms with Gasteiger partial charge in [0.2, 0.25) is 11.8 Å². The summed E-state index contributed by atoms with van der Waals surface area (Å²) in [5.41, 5.74) is 2.52. The number of carbonyl (C=O) groups excluding carboxylic acids is 2. The summed E-state index contributed by atoms with van der Waals surface area (Å²) < 4.78 is 39.6. The number of hydrogen-bond acceptors (Lipinski definition) is 16. The van der Waals surface area contributed by atoms with E-state index in [-0.39, 0.29) is 63.0 Å². The van der Waals surface area contributed by atoms with Gasteiger partial charge >= 0.3 is 0 Å². The van der Waals surface area contributed by atoms with Crippen molar-refractivity contribution in [3.05, 3.63) is 218 Å². The first-order valence-electron chi connectivity index (χ1n) is 26.0. The van der Waals surface area contributed by atoms with Crippen molar-refractivity contribution in [3.8, 4) is 11.8 Å². The van der Waals surface area contributed by atoms with Gasteiger partial charge in [0, 0.05) is 59.4 Å². The third-order valence-corrected chi connectivity index (χ3v) is 20.0. The second-order valence-corrected chi connectivity index (χ2v) is 28.4. The molecule has 0 saturated carbocycles. The number of halogens is 3. The average Bonchev–Trinajstić information content (AvgIpc) is 3.38. The van der Waals surface area contributed by atoms with Gasteiger partial charge in [-0.05, 0) is 71.6 Å². The number of aryl methyl sites for hydroxylation is 1. The molecule has 0 radical (unpaired) electrons. The molecule has 7 rings (SSSR count). The molecule has 5 N–H and O–H groups in total. The average molecular weight is 1240 g/mol. The molecule has 2 unspecified atom stereocenters. The van der Waals surface area contributed by atoms with Crippen LogP contribution in [0.15, 0.2) is 173 Å². The fraction of sp³-hybridized carbons (Fsp3) is 0.279. The zero-order chi connectivity index (χ0) is 61.9. The van der Waals surface area contributed by atoms with Crippen molar-refractivity contribution in [1.82, 2.24) is 20.6 Å². The minimum Gasteiger partial charge on any atom is -0.472 e. The number of carbonyl (C=O) groups is 2. The molecule has 2 amide bonds. The molecule has 0 bridgehead atoms. The Morgan fingerprint density at radius 3 is 1.38 bits per heavy atom. The lowest BCUT2D eigenvalue weighted by Crippen LogP contribution is -2.45. The summed E-state index contributed by atoms with van der Waals surface area (Å²) in [5, 5.41) is 46.1. The third kappa shape index (κ3) is 17.7. The highest BCUT2D eigenvalue weighted by molar-refractivity contribution is 8.13. The van der Waals surface area contributed by atoms with Crippen LogP contribution in [0.5, 0.6) is 11.8 Å². The molecule has 23 heteroatoms. The Kier molecular flexibility index (Phi) is 24.6. The van der Waals surface area contributed by atoms with Crippen molar-refractivity contribution in [2.24, 2.45) is 10.3 Å². The molecule has 2 atom stereocenters. The highest BCUT2D eigenvalue weighted by Gasteiger charge is 2.42. The summed E-state index contributed by atoms with van der Waals surface area (Å²) in [4.78, 5) is 43.1. The van der Waals surface area contributed by atoms with Crippen molar-refractivity contribution in [2.45, 2.75) is 75.1 Å². The number of ether oxygens (including phenoxy) is 2. The first-order chi connectivity index (χ1) is 39.8. The molecule has 0 fully saturated rings. The Hall–Kier alpha value is -7.24. The van der Waals surface area contributed by atoms with Crippen LogP contribution in [0.2, 0.25) is 28.2 Å². The van der Waals surface area contributed by atoms with Crippen LogP contribution < -0.4 is 20.1 Å². The first-order valence-corrected chi connectivity index (χ1v) is 32.0. The van der Waals surface area contributed by atoms with Gasteiger partial charge in [-0.2, -0.15) is 0 Å². The van der Waals surface area contributed by atoms with Crippen molar-refractivity contribution < 1.29 is 56.9 Å². The highest BCUT2D eigenvalue weighted by Crippen LogP contribution is 2.40. The zero-order valence-electron chi connectivity index (χ0n) is 48.2. The quantitative estimate of drug-likeness (QED) is 0.0194. The van der Waals surface area contributed by atoms with E-state index in [1.165, 1.54) is 52.7 Å². The minimum absolute atomic E-state index is 0.0277. The van der Waals surface area contributed by atoms with Crippen molar-refractivity contribution in [1.29, 1.82) is 0 Å². The predicted octanol–water partition coefficient (Wildman–Crippen LogP) is 10.2. The topological polar surface area (TPSA) is 250 Å². The Bertz CT molecular complexity index is 3510. The number of benzene rings is 5. The van der Waals surface area contributed by atoms with Gasteiger partial charge in [-0.15, -0.1) is 0 Å². The first kappa shape index (κ1) is 67.5. The van der Waals surface area contributed by atoms with E-state index in [2.05, 4.69) is 64.8 Å². The van der Waals surface area contributed by atoms with Gasteiger partial charge in [-0.3, -0.25) is 9.59 Å². The number of hydrogen-bond donors (Lipinski definition) is 5. The number of nitrogens with zero attached hydrogens (tertiary/aromatic N) is 4. The Morgan fingerprint density at radius 1 is 0.619 bits per heavy atom. The van der Waals surface area contributed by atoms with Crippen LogP contribution in [0.3, 0.4) is 0 Å². The number of aromatic nitrogens is 2. The van der Waals surface area contributed by atoms with E-state index < -0.39 is 47.0 Å². The number of oxime groups is 2. The summed E-state index contributed by atoms with van der Waals surface area (Å²) in [6.07, 6.45) is 2.95. The maximum atomic E-state index is 12.4. The van der Waals surface area contributed by atoms with E-state index in [1.807, 2.05) is 55.5 Å². The van der Waals surface area contributed by atoms with E-state index in [9.17, 15) is 33.3 Å². The molecular formula is C61H69Cl3N6O12SSi. The lowest BCUT2D eigenvalue weighted by atomic mass is 9.88. The minimum atomic E-state index is -3.55. The summed E-state index contributed by atoms with van der Waals surface area (Å²) in [6.45, 7) is 12.3. The molecule has 2 aromatic heterocycles. The van der Waals surface area contributed by atoms with E-state index in [0.717, 1.165) is 5.56 Å². The number of aliphatic hydroxyl groups excluding tert-OH is 1. The molecule has 0 aliphatic heterocycles. The predicted molar refractivity (Wildman–Crippen MR) is 329 cm³/mol. The van der Waals surface area contributed by atoms with Crippen LogP contribution in [0.25, 0.3) is 0 Å². The van der Waals surface area contributed by atoms with E-state index >= 15 is 0 Å². The van der Waals surface area contributed by atoms with Gasteiger partial charge in [0.15, 0.2) is 19.7 Å². The van der Waals surface area contributed by atoms with E-state index in [0.29, 0.717) is 44.5 Å². The van der Waals surface area contributed by atoms with Crippen LogP contribution >= 0.6 is 33.9 Å². The highest BCUT2D eigenvalue weighted by atomic mass is 35.7. The standard InChI is InChI=1S/C30H38ClN3O5Si.C24H24ClN3O5.C7H7ClO2S/c1-29(2,3)40(6,7)39-20-30(36,22-14-9-8-10-15-22)23-17-25(31)28(33-18-23)38-19-21-13-11-12-16-24(21)26(34-37-5)27(35)32-4;1-26-22(30)21(28-32-2)19-11-7-6-8-16(19)14-33-23-20(25)12-18(13-27-23)24(31,15-29)17-9-4-3-5-10-17;1-6-2-4-7(5-3-6)11(8,9)10/h8-18,36H,19-20H2,1-7H3,(H,32,35);3-13,29,31H,14-15H2,1-2H3,(H,26,30);2-5H,1H3/b34-26+;28-21+;. The van der Waals surface area contributed by atoms with Gasteiger partial charge in [-0.1, -0.05) is 181 Å². The van der Waals surface area contributed by atoms with Crippen molar-refractivity contribution in [2.75, 3.05) is 41.5 Å². The monoisotopic (exact) mass is 1240 g/mol. The second kappa shape index (κ2) is 30.5. The van der Waals surface area contributed by atoms with Crippen LogP contribution in [-0.2, 0) is 57.2 Å². The fourth-order valence-corrected chi connectivity index (χ4v) is 9.93. The summed E-state index contributed by atoms with van der Waals surface area (Å²) in [7, 11) is 5.12. The lowest BCUT2D eigenvalue weighted by Gasteiger charge is -2.39. The second-order valence-electron chi connectivity index (χ2n) is 20.2. The molecule has 7 aromatic rings. The molecule has 84 heavy (non-hydrogen) atoms. The largest absolute Gasteiger partial charge is 0.472 e. The summed E-state index contributed by atoms with van der Waals surface area (Å²) in [6, 6.07) is 41.9. The number of likely N-dealkylation sites (N-methyl/N-ethyl adjacent to an activating group) is 2. The number of amides is 2. The molecule has 0 aliphatic carbocycles. The van der Waals surface area contributed by atoms with Crippen LogP contribution in [0, 0.1) is 6.92 Å². The molecule has 5 aromatic carbocycles. The third-order valence-electron chi connectivity index (χ3n) is 13.6.